The van der Waals surface area contributed by atoms with Crippen LogP contribution in [0.5, 0.6) is 0 Å². The topological polar surface area (TPSA) is 62.2 Å². The van der Waals surface area contributed by atoms with Gasteiger partial charge in [-0.05, 0) is 40.5 Å². The van der Waals surface area contributed by atoms with Crippen LogP contribution in [0.25, 0.3) is 0 Å². The van der Waals surface area contributed by atoms with Gasteiger partial charge in [0.25, 0.3) is 0 Å². The van der Waals surface area contributed by atoms with E-state index in [1.165, 1.54) is 16.8 Å². The summed E-state index contributed by atoms with van der Waals surface area (Å²) in [5.41, 5.74) is 3.50. The molecule has 1 aromatic carbocycles. The van der Waals surface area contributed by atoms with Gasteiger partial charge in [-0.1, -0.05) is 6.07 Å². The maximum atomic E-state index is 10.9. The van der Waals surface area contributed by atoms with Crippen LogP contribution in [0.4, 0.5) is 10.7 Å². The molecule has 0 atom stereocenters. The Morgan fingerprint density at radius 3 is 2.94 bits per heavy atom. The molecule has 0 fully saturated rings. The third kappa shape index (κ3) is 2.65. The summed E-state index contributed by atoms with van der Waals surface area (Å²) in [5.74, 6) is -1.03. The lowest BCUT2D eigenvalue weighted by Crippen LogP contribution is -2.01. The Labute approximate surface area is 110 Å². The zero-order valence-electron chi connectivity index (χ0n) is 8.90. The van der Waals surface area contributed by atoms with Gasteiger partial charge >= 0.3 is 5.97 Å². The van der Waals surface area contributed by atoms with E-state index in [0.717, 1.165) is 15.7 Å². The number of aryl methyl sites for hydroxylation is 1. The summed E-state index contributed by atoms with van der Waals surface area (Å²) in [6.45, 7) is 1.99. The Hall–Kier alpha value is -1.40. The number of carboxylic acid groups (broad SMARTS) is 1. The van der Waals surface area contributed by atoms with Crippen molar-refractivity contribution >= 4 is 43.9 Å². The summed E-state index contributed by atoms with van der Waals surface area (Å²) in [5, 5.41) is 12.5. The lowest BCUT2D eigenvalue weighted by Gasteiger charge is -2.07. The lowest BCUT2D eigenvalue weighted by molar-refractivity contribution is 0.0692. The summed E-state index contributed by atoms with van der Waals surface area (Å²) in [4.78, 5) is 14.7. The molecule has 0 saturated heterocycles. The number of halogens is 1. The summed E-state index contributed by atoms with van der Waals surface area (Å²) < 4.78 is 0.891. The zero-order valence-corrected chi connectivity index (χ0v) is 11.3. The molecule has 4 nitrogen and oxygen atoms in total. The van der Waals surface area contributed by atoms with Crippen molar-refractivity contribution in [2.75, 3.05) is 5.32 Å². The van der Waals surface area contributed by atoms with Crippen LogP contribution in [0, 0.1) is 6.92 Å². The second-order valence-corrected chi connectivity index (χ2v) is 5.15. The standard InChI is InChI=1S/C11H9BrN2O2S/c1-6-2-3-8(7(12)4-6)14-10-9(11(15)16)13-5-17-10/h2-5,14H,1H3,(H,15,16). The number of hydrogen-bond donors (Lipinski definition) is 2. The van der Waals surface area contributed by atoms with Crippen molar-refractivity contribution in [1.29, 1.82) is 0 Å². The highest BCUT2D eigenvalue weighted by Gasteiger charge is 2.14. The van der Waals surface area contributed by atoms with Gasteiger partial charge in [-0.15, -0.1) is 11.3 Å². The maximum Gasteiger partial charge on any atom is 0.357 e. The second-order valence-electron chi connectivity index (χ2n) is 3.44. The number of carboxylic acids is 1. The van der Waals surface area contributed by atoms with E-state index < -0.39 is 5.97 Å². The van der Waals surface area contributed by atoms with Gasteiger partial charge in [-0.3, -0.25) is 0 Å². The predicted molar refractivity (Wildman–Crippen MR) is 71.2 cm³/mol. The highest BCUT2D eigenvalue weighted by Crippen LogP contribution is 2.30. The fourth-order valence-electron chi connectivity index (χ4n) is 1.33. The molecule has 2 aromatic rings. The van der Waals surface area contributed by atoms with Gasteiger partial charge in [0.05, 0.1) is 11.2 Å². The molecule has 0 spiro atoms. The van der Waals surface area contributed by atoms with Crippen molar-refractivity contribution in [3.05, 3.63) is 39.4 Å². The number of hydrogen-bond acceptors (Lipinski definition) is 4. The fraction of sp³-hybridized carbons (Fsp3) is 0.0909. The molecule has 0 amide bonds. The minimum atomic E-state index is -1.03. The van der Waals surface area contributed by atoms with Crippen molar-refractivity contribution in [3.63, 3.8) is 0 Å². The number of aromatic carboxylic acids is 1. The number of nitrogens with one attached hydrogen (secondary N) is 1. The zero-order chi connectivity index (χ0) is 12.4. The molecule has 2 rings (SSSR count). The number of anilines is 2. The Bertz CT molecular complexity index is 568. The molecular weight excluding hydrogens is 304 g/mol. The maximum absolute atomic E-state index is 10.9. The smallest absolute Gasteiger partial charge is 0.357 e. The first kappa shape index (κ1) is 12.1. The van der Waals surface area contributed by atoms with Gasteiger partial charge < -0.3 is 10.4 Å². The summed E-state index contributed by atoms with van der Waals surface area (Å²) in [6, 6.07) is 5.81. The van der Waals surface area contributed by atoms with E-state index in [1.54, 1.807) is 0 Å². The third-order valence-corrected chi connectivity index (χ3v) is 3.54. The van der Waals surface area contributed by atoms with Crippen LogP contribution in [0.15, 0.2) is 28.2 Å². The largest absolute Gasteiger partial charge is 0.476 e. The average Bonchev–Trinajstić information content (AvgIpc) is 2.70. The van der Waals surface area contributed by atoms with Crippen LogP contribution in [-0.2, 0) is 0 Å². The van der Waals surface area contributed by atoms with Gasteiger partial charge in [0.1, 0.15) is 5.00 Å². The van der Waals surface area contributed by atoms with E-state index in [2.05, 4.69) is 26.2 Å². The van der Waals surface area contributed by atoms with E-state index >= 15 is 0 Å². The molecule has 0 aliphatic rings. The number of nitrogens with zero attached hydrogens (tertiary/aromatic N) is 1. The van der Waals surface area contributed by atoms with Crippen LogP contribution < -0.4 is 5.32 Å². The van der Waals surface area contributed by atoms with E-state index in [1.807, 2.05) is 25.1 Å². The molecule has 0 aliphatic carbocycles. The van der Waals surface area contributed by atoms with Crippen molar-refractivity contribution < 1.29 is 9.90 Å². The van der Waals surface area contributed by atoms with E-state index in [4.69, 9.17) is 5.11 Å². The van der Waals surface area contributed by atoms with Crippen molar-refractivity contribution in [3.8, 4) is 0 Å². The molecule has 17 heavy (non-hydrogen) atoms. The second kappa shape index (κ2) is 4.85. The summed E-state index contributed by atoms with van der Waals surface area (Å²) in [6.07, 6.45) is 0. The monoisotopic (exact) mass is 312 g/mol. The van der Waals surface area contributed by atoms with E-state index in [0.29, 0.717) is 5.00 Å². The van der Waals surface area contributed by atoms with Crippen LogP contribution in [0.2, 0.25) is 0 Å². The highest BCUT2D eigenvalue weighted by molar-refractivity contribution is 9.10. The lowest BCUT2D eigenvalue weighted by atomic mass is 10.2. The van der Waals surface area contributed by atoms with Gasteiger partial charge in [0.2, 0.25) is 0 Å². The molecule has 88 valence electrons. The number of aromatic nitrogens is 1. The molecule has 0 radical (unpaired) electrons. The molecule has 2 N–H and O–H groups in total. The molecule has 0 saturated carbocycles. The summed E-state index contributed by atoms with van der Waals surface area (Å²) in [7, 11) is 0. The minimum Gasteiger partial charge on any atom is -0.476 e. The van der Waals surface area contributed by atoms with Crippen LogP contribution in [0.1, 0.15) is 16.1 Å². The van der Waals surface area contributed by atoms with Crippen LogP contribution in [-0.4, -0.2) is 16.1 Å². The van der Waals surface area contributed by atoms with Gasteiger partial charge in [0.15, 0.2) is 5.69 Å². The predicted octanol–water partition coefficient (Wildman–Crippen LogP) is 3.66. The molecule has 0 aliphatic heterocycles. The molecule has 1 aromatic heterocycles. The molecule has 0 unspecified atom stereocenters. The SMILES string of the molecule is Cc1ccc(Nc2scnc2C(=O)O)c(Br)c1. The molecule has 0 bridgehead atoms. The van der Waals surface area contributed by atoms with Crippen LogP contribution in [0.3, 0.4) is 0 Å². The Kier molecular flexibility index (Phi) is 3.44. The Morgan fingerprint density at radius 2 is 2.29 bits per heavy atom. The highest BCUT2D eigenvalue weighted by atomic mass is 79.9. The van der Waals surface area contributed by atoms with Crippen molar-refractivity contribution in [2.24, 2.45) is 0 Å². The van der Waals surface area contributed by atoms with Crippen molar-refractivity contribution in [2.45, 2.75) is 6.92 Å². The Balaban J connectivity index is 2.31. The first-order valence-electron chi connectivity index (χ1n) is 4.78. The fourth-order valence-corrected chi connectivity index (χ4v) is 2.61. The normalized spacial score (nSPS) is 10.2. The Morgan fingerprint density at radius 1 is 1.53 bits per heavy atom. The average molecular weight is 313 g/mol. The first-order chi connectivity index (χ1) is 8.08. The number of rotatable bonds is 3. The number of carbonyl (C=O) groups is 1. The molecular formula is C11H9BrN2O2S. The van der Waals surface area contributed by atoms with E-state index in [-0.39, 0.29) is 5.69 Å². The molecule has 6 heteroatoms. The van der Waals surface area contributed by atoms with Crippen molar-refractivity contribution in [1.82, 2.24) is 4.98 Å². The van der Waals surface area contributed by atoms with Gasteiger partial charge in [-0.2, -0.15) is 0 Å². The summed E-state index contributed by atoms with van der Waals surface area (Å²) >= 11 is 4.69. The molecule has 1 heterocycles. The van der Waals surface area contributed by atoms with Gasteiger partial charge in [0, 0.05) is 4.47 Å². The van der Waals surface area contributed by atoms with Crippen LogP contribution >= 0.6 is 27.3 Å². The van der Waals surface area contributed by atoms with E-state index in [9.17, 15) is 4.79 Å². The number of benzene rings is 1. The third-order valence-electron chi connectivity index (χ3n) is 2.14. The first-order valence-corrected chi connectivity index (χ1v) is 6.45. The minimum absolute atomic E-state index is 0.0440. The van der Waals surface area contributed by atoms with Gasteiger partial charge in [-0.25, -0.2) is 9.78 Å². The quantitative estimate of drug-likeness (QED) is 0.908. The number of thiazole rings is 1.